The Balaban J connectivity index is 0. The first-order valence-electron chi connectivity index (χ1n) is 11.0. The molecule has 3 nitrogen and oxygen atoms in total. The number of unbranched alkanes of at least 4 members (excludes halogenated alkanes) is 7. The molecule has 0 fully saturated rings. The van der Waals surface area contributed by atoms with Crippen LogP contribution in [0.4, 0.5) is 0 Å². The van der Waals surface area contributed by atoms with Crippen molar-refractivity contribution in [2.75, 3.05) is 45.7 Å². The van der Waals surface area contributed by atoms with Crippen LogP contribution in [0.15, 0.2) is 0 Å². The van der Waals surface area contributed by atoms with Gasteiger partial charge in [-0.3, -0.25) is 4.79 Å². The highest BCUT2D eigenvalue weighted by Crippen LogP contribution is 2.14. The standard InChI is InChI=1S/C22H46N2OS.HI/c1-21(2)16-20-26-19-13-11-9-7-6-8-10-12-15-22(25)23-17-14-18-24(3,4)5;/h21H,6-20H2,1-5H3;1H. The first kappa shape index (κ1) is 29.7. The number of nitrogens with one attached hydrogen (secondary N) is 1. The van der Waals surface area contributed by atoms with Crippen LogP contribution in [0, 0.1) is 5.92 Å². The lowest BCUT2D eigenvalue weighted by Crippen LogP contribution is -3.00. The molecule has 0 aromatic rings. The number of carbonyl (C=O) groups is 1. The Hall–Kier alpha value is 0.510. The van der Waals surface area contributed by atoms with Gasteiger partial charge in [0.05, 0.1) is 27.7 Å². The van der Waals surface area contributed by atoms with Gasteiger partial charge in [0.15, 0.2) is 0 Å². The van der Waals surface area contributed by atoms with Crippen molar-refractivity contribution in [3.05, 3.63) is 0 Å². The van der Waals surface area contributed by atoms with E-state index in [4.69, 9.17) is 0 Å². The number of halogens is 1. The Bertz CT molecular complexity index is 333. The molecule has 0 aromatic carbocycles. The van der Waals surface area contributed by atoms with Crippen molar-refractivity contribution >= 4 is 17.7 Å². The van der Waals surface area contributed by atoms with Crippen LogP contribution < -0.4 is 29.3 Å². The molecule has 0 radical (unpaired) electrons. The lowest BCUT2D eigenvalue weighted by molar-refractivity contribution is -0.870. The molecule has 0 rings (SSSR count). The van der Waals surface area contributed by atoms with Crippen LogP contribution in [0.25, 0.3) is 0 Å². The number of nitrogens with zero attached hydrogens (tertiary/aromatic N) is 1. The second kappa shape index (κ2) is 19.8. The number of hydrogen-bond acceptors (Lipinski definition) is 2. The number of thioether (sulfide) groups is 1. The Morgan fingerprint density at radius 1 is 0.852 bits per heavy atom. The van der Waals surface area contributed by atoms with Crippen molar-refractivity contribution in [2.45, 2.75) is 84.5 Å². The zero-order chi connectivity index (χ0) is 19.7. The third-order valence-electron chi connectivity index (χ3n) is 4.61. The van der Waals surface area contributed by atoms with Crippen molar-refractivity contribution in [3.63, 3.8) is 0 Å². The van der Waals surface area contributed by atoms with Crippen molar-refractivity contribution in [1.29, 1.82) is 0 Å². The van der Waals surface area contributed by atoms with Crippen LogP contribution in [0.5, 0.6) is 0 Å². The highest BCUT2D eigenvalue weighted by Gasteiger charge is 2.06. The molecule has 0 atom stereocenters. The first-order valence-corrected chi connectivity index (χ1v) is 12.1. The van der Waals surface area contributed by atoms with Crippen LogP contribution in [0.3, 0.4) is 0 Å². The van der Waals surface area contributed by atoms with Crippen LogP contribution in [-0.2, 0) is 4.79 Å². The molecule has 27 heavy (non-hydrogen) atoms. The van der Waals surface area contributed by atoms with E-state index in [1.165, 1.54) is 62.9 Å². The molecule has 1 amide bonds. The van der Waals surface area contributed by atoms with E-state index in [1.54, 1.807) is 0 Å². The minimum atomic E-state index is 0. The minimum absolute atomic E-state index is 0. The fourth-order valence-corrected chi connectivity index (χ4v) is 4.09. The molecule has 0 saturated heterocycles. The summed E-state index contributed by atoms with van der Waals surface area (Å²) in [5.41, 5.74) is 0. The van der Waals surface area contributed by atoms with Crippen molar-refractivity contribution in [1.82, 2.24) is 5.32 Å². The van der Waals surface area contributed by atoms with Gasteiger partial charge in [0.2, 0.25) is 5.91 Å². The summed E-state index contributed by atoms with van der Waals surface area (Å²) >= 11 is 2.13. The molecular formula is C22H47IN2OS. The van der Waals surface area contributed by atoms with Crippen molar-refractivity contribution in [3.8, 4) is 0 Å². The maximum Gasteiger partial charge on any atom is 0.219 e. The second-order valence-electron chi connectivity index (χ2n) is 9.09. The van der Waals surface area contributed by atoms with E-state index in [2.05, 4.69) is 52.1 Å². The first-order chi connectivity index (χ1) is 12.3. The van der Waals surface area contributed by atoms with Gasteiger partial charge >= 0.3 is 0 Å². The third kappa shape index (κ3) is 26.5. The number of quaternary nitrogens is 1. The van der Waals surface area contributed by atoms with Crippen LogP contribution in [0.1, 0.15) is 84.5 Å². The average Bonchev–Trinajstić information content (AvgIpc) is 2.54. The summed E-state index contributed by atoms with van der Waals surface area (Å²) in [7, 11) is 6.57. The summed E-state index contributed by atoms with van der Waals surface area (Å²) in [5.74, 6) is 3.76. The van der Waals surface area contributed by atoms with E-state index in [1.807, 2.05) is 0 Å². The molecule has 0 bridgehead atoms. The molecule has 0 unspecified atom stereocenters. The van der Waals surface area contributed by atoms with Crippen LogP contribution >= 0.6 is 11.8 Å². The zero-order valence-electron chi connectivity index (χ0n) is 18.8. The van der Waals surface area contributed by atoms with Gasteiger partial charge in [0, 0.05) is 19.4 Å². The topological polar surface area (TPSA) is 29.1 Å². The lowest BCUT2D eigenvalue weighted by Gasteiger charge is -2.23. The maximum atomic E-state index is 11.8. The van der Waals surface area contributed by atoms with Crippen molar-refractivity contribution in [2.24, 2.45) is 5.92 Å². The second-order valence-corrected chi connectivity index (χ2v) is 10.3. The molecular weight excluding hydrogens is 467 g/mol. The summed E-state index contributed by atoms with van der Waals surface area (Å²) in [5, 5.41) is 3.05. The molecule has 0 aliphatic rings. The molecule has 1 N–H and O–H groups in total. The largest absolute Gasteiger partial charge is 1.00 e. The maximum absolute atomic E-state index is 11.8. The van der Waals surface area contributed by atoms with E-state index in [0.29, 0.717) is 6.42 Å². The molecule has 5 heteroatoms. The number of carbonyl (C=O) groups excluding carboxylic acids is 1. The van der Waals surface area contributed by atoms with E-state index in [-0.39, 0.29) is 29.9 Å². The number of amides is 1. The summed E-state index contributed by atoms with van der Waals surface area (Å²) in [6.07, 6.45) is 13.5. The SMILES string of the molecule is CC(C)CCSCCCCCCCCCCC(=O)NCCC[N+](C)(C)C.[I-]. The summed E-state index contributed by atoms with van der Waals surface area (Å²) < 4.78 is 0.965. The predicted molar refractivity (Wildman–Crippen MR) is 119 cm³/mol. The molecule has 0 heterocycles. The fourth-order valence-electron chi connectivity index (χ4n) is 2.84. The highest BCUT2D eigenvalue weighted by atomic mass is 127. The van der Waals surface area contributed by atoms with Crippen LogP contribution in [0.2, 0.25) is 0 Å². The highest BCUT2D eigenvalue weighted by molar-refractivity contribution is 7.99. The molecule has 0 aliphatic carbocycles. The minimum Gasteiger partial charge on any atom is -1.00 e. The average molecular weight is 515 g/mol. The van der Waals surface area contributed by atoms with Crippen LogP contribution in [-0.4, -0.2) is 56.1 Å². The Kier molecular flexibility index (Phi) is 21.8. The predicted octanol–water partition coefficient (Wildman–Crippen LogP) is 2.49. The lowest BCUT2D eigenvalue weighted by atomic mass is 10.1. The van der Waals surface area contributed by atoms with Gasteiger partial charge in [-0.15, -0.1) is 0 Å². The van der Waals surface area contributed by atoms with E-state index in [0.717, 1.165) is 36.3 Å². The molecule has 0 aliphatic heterocycles. The summed E-state index contributed by atoms with van der Waals surface area (Å²) in [4.78, 5) is 11.8. The summed E-state index contributed by atoms with van der Waals surface area (Å²) in [6, 6.07) is 0. The smallest absolute Gasteiger partial charge is 0.219 e. The van der Waals surface area contributed by atoms with Crippen molar-refractivity contribution < 1.29 is 33.3 Å². The Morgan fingerprint density at radius 2 is 1.41 bits per heavy atom. The van der Waals surface area contributed by atoms with Gasteiger partial charge in [-0.1, -0.05) is 52.4 Å². The Morgan fingerprint density at radius 3 is 1.96 bits per heavy atom. The van der Waals surface area contributed by atoms with Gasteiger partial charge in [-0.25, -0.2) is 0 Å². The van der Waals surface area contributed by atoms with E-state index < -0.39 is 0 Å². The third-order valence-corrected chi connectivity index (χ3v) is 5.71. The number of hydrogen-bond donors (Lipinski definition) is 1. The fraction of sp³-hybridized carbons (Fsp3) is 0.955. The Labute approximate surface area is 191 Å². The van der Waals surface area contributed by atoms with Gasteiger partial charge in [0.1, 0.15) is 0 Å². The van der Waals surface area contributed by atoms with E-state index in [9.17, 15) is 4.79 Å². The molecule has 0 spiro atoms. The molecule has 0 aromatic heterocycles. The van der Waals surface area contributed by atoms with Gasteiger partial charge < -0.3 is 33.8 Å². The summed E-state index contributed by atoms with van der Waals surface area (Å²) in [6.45, 7) is 6.54. The quantitative estimate of drug-likeness (QED) is 0.173. The molecule has 164 valence electrons. The zero-order valence-corrected chi connectivity index (χ0v) is 21.8. The van der Waals surface area contributed by atoms with Gasteiger partial charge in [-0.05, 0) is 36.7 Å². The molecule has 0 saturated carbocycles. The van der Waals surface area contributed by atoms with Gasteiger partial charge in [-0.2, -0.15) is 11.8 Å². The van der Waals surface area contributed by atoms with E-state index >= 15 is 0 Å². The van der Waals surface area contributed by atoms with Gasteiger partial charge in [0.25, 0.3) is 0 Å². The normalized spacial score (nSPS) is 11.5. The number of rotatable bonds is 18. The monoisotopic (exact) mass is 514 g/mol.